The molecule has 0 saturated carbocycles. The van der Waals surface area contributed by atoms with Crippen molar-refractivity contribution >= 4 is 44.8 Å². The van der Waals surface area contributed by atoms with E-state index in [4.69, 9.17) is 27.9 Å². The Morgan fingerprint density at radius 3 is 2.39 bits per heavy atom. The lowest BCUT2D eigenvalue weighted by molar-refractivity contribution is -0.123. The zero-order chi connectivity index (χ0) is 20.6. The molecule has 152 valence electrons. The summed E-state index contributed by atoms with van der Waals surface area (Å²) in [6, 6.07) is 10.2. The highest BCUT2D eigenvalue weighted by Gasteiger charge is 2.15. The Bertz CT molecular complexity index is 903. The maximum atomic E-state index is 12.5. The third-order valence-electron chi connectivity index (χ3n) is 3.78. The second-order valence-electron chi connectivity index (χ2n) is 6.05. The number of sulfonamides is 1. The van der Waals surface area contributed by atoms with Crippen LogP contribution in [0.15, 0.2) is 47.4 Å². The predicted molar refractivity (Wildman–Crippen MR) is 112 cm³/mol. The summed E-state index contributed by atoms with van der Waals surface area (Å²) >= 11 is 11.7. The summed E-state index contributed by atoms with van der Waals surface area (Å²) in [4.78, 5) is 11.7. The molecule has 0 radical (unpaired) electrons. The van der Waals surface area contributed by atoms with Crippen molar-refractivity contribution in [2.75, 3.05) is 17.9 Å². The van der Waals surface area contributed by atoms with Crippen LogP contribution >= 0.6 is 23.2 Å². The highest BCUT2D eigenvalue weighted by atomic mass is 35.5. The fourth-order valence-corrected chi connectivity index (χ4v) is 3.64. The lowest BCUT2D eigenvalue weighted by Gasteiger charge is -2.10. The molecular weight excluding hydrogens is 423 g/mol. The first-order valence-electron chi connectivity index (χ1n) is 8.79. The zero-order valence-electron chi connectivity index (χ0n) is 15.4. The van der Waals surface area contributed by atoms with Crippen LogP contribution in [0.2, 0.25) is 10.0 Å². The summed E-state index contributed by atoms with van der Waals surface area (Å²) < 4.78 is 32.7. The van der Waals surface area contributed by atoms with Crippen LogP contribution in [0.5, 0.6) is 5.75 Å². The van der Waals surface area contributed by atoms with Crippen molar-refractivity contribution in [1.29, 1.82) is 0 Å². The minimum absolute atomic E-state index is 0.0509. The van der Waals surface area contributed by atoms with E-state index < -0.39 is 10.0 Å². The van der Waals surface area contributed by atoms with Gasteiger partial charge in [0.15, 0.2) is 6.61 Å². The van der Waals surface area contributed by atoms with E-state index in [1.165, 1.54) is 42.5 Å². The number of benzene rings is 2. The number of hydrogen-bond donors (Lipinski definition) is 2. The molecule has 6 nitrogen and oxygen atoms in total. The molecule has 0 unspecified atom stereocenters. The van der Waals surface area contributed by atoms with Gasteiger partial charge in [-0.3, -0.25) is 9.52 Å². The summed E-state index contributed by atoms with van der Waals surface area (Å²) in [5, 5.41) is 3.35. The smallest absolute Gasteiger partial charge is 0.261 e. The predicted octanol–water partition coefficient (Wildman–Crippen LogP) is 4.48. The summed E-state index contributed by atoms with van der Waals surface area (Å²) in [5.41, 5.74) is 0.300. The number of carbonyl (C=O) groups excluding carboxylic acids is 1. The van der Waals surface area contributed by atoms with E-state index in [1.54, 1.807) is 0 Å². The molecule has 0 saturated heterocycles. The van der Waals surface area contributed by atoms with Gasteiger partial charge in [-0.1, -0.05) is 43.0 Å². The van der Waals surface area contributed by atoms with Gasteiger partial charge < -0.3 is 10.1 Å². The van der Waals surface area contributed by atoms with E-state index in [-0.39, 0.29) is 22.4 Å². The first-order chi connectivity index (χ1) is 13.3. The largest absolute Gasteiger partial charge is 0.484 e. The van der Waals surface area contributed by atoms with Gasteiger partial charge in [0.25, 0.3) is 15.9 Å². The molecule has 1 amide bonds. The standard InChI is InChI=1S/C19H22Cl2N2O4S/c1-2-3-4-11-22-19(24)13-27-15-6-8-16(9-7-15)28(25,26)23-14-5-10-17(20)18(21)12-14/h5-10,12,23H,2-4,11,13H2,1H3,(H,22,24). The Balaban J connectivity index is 1.91. The van der Waals surface area contributed by atoms with Gasteiger partial charge >= 0.3 is 0 Å². The van der Waals surface area contributed by atoms with Crippen LogP contribution in [0.1, 0.15) is 26.2 Å². The number of anilines is 1. The average Bonchev–Trinajstić information content (AvgIpc) is 2.66. The van der Waals surface area contributed by atoms with Crippen LogP contribution in [0.3, 0.4) is 0 Å². The van der Waals surface area contributed by atoms with E-state index >= 15 is 0 Å². The van der Waals surface area contributed by atoms with Crippen LogP contribution in [-0.4, -0.2) is 27.5 Å². The van der Waals surface area contributed by atoms with Crippen LogP contribution in [-0.2, 0) is 14.8 Å². The van der Waals surface area contributed by atoms with Gasteiger partial charge in [-0.15, -0.1) is 0 Å². The van der Waals surface area contributed by atoms with Gasteiger partial charge in [0.05, 0.1) is 20.6 Å². The van der Waals surface area contributed by atoms with E-state index in [9.17, 15) is 13.2 Å². The number of nitrogens with one attached hydrogen (secondary N) is 2. The minimum Gasteiger partial charge on any atom is -0.484 e. The normalized spacial score (nSPS) is 11.1. The number of carbonyl (C=O) groups is 1. The maximum absolute atomic E-state index is 12.5. The van der Waals surface area contributed by atoms with Crippen LogP contribution in [0.25, 0.3) is 0 Å². The molecule has 2 N–H and O–H groups in total. The Morgan fingerprint density at radius 2 is 1.75 bits per heavy atom. The number of ether oxygens (including phenoxy) is 1. The van der Waals surface area contributed by atoms with Crippen molar-refractivity contribution in [3.05, 3.63) is 52.5 Å². The topological polar surface area (TPSA) is 84.5 Å². The quantitative estimate of drug-likeness (QED) is 0.529. The molecule has 0 aliphatic heterocycles. The van der Waals surface area contributed by atoms with Crippen molar-refractivity contribution in [2.45, 2.75) is 31.1 Å². The fraction of sp³-hybridized carbons (Fsp3) is 0.316. The first kappa shape index (κ1) is 22.3. The molecule has 0 atom stereocenters. The molecule has 2 rings (SSSR count). The molecule has 9 heteroatoms. The Kier molecular flexibility index (Phi) is 8.41. The van der Waals surface area contributed by atoms with Crippen molar-refractivity contribution in [3.63, 3.8) is 0 Å². The number of halogens is 2. The third-order valence-corrected chi connectivity index (χ3v) is 5.91. The van der Waals surface area contributed by atoms with E-state index in [0.29, 0.717) is 23.0 Å². The summed E-state index contributed by atoms with van der Waals surface area (Å²) in [7, 11) is -3.80. The highest BCUT2D eigenvalue weighted by Crippen LogP contribution is 2.26. The first-order valence-corrected chi connectivity index (χ1v) is 11.0. The van der Waals surface area contributed by atoms with Gasteiger partial charge in [0, 0.05) is 6.54 Å². The monoisotopic (exact) mass is 444 g/mol. The van der Waals surface area contributed by atoms with E-state index in [2.05, 4.69) is 17.0 Å². The highest BCUT2D eigenvalue weighted by molar-refractivity contribution is 7.92. The van der Waals surface area contributed by atoms with Crippen molar-refractivity contribution < 1.29 is 17.9 Å². The van der Waals surface area contributed by atoms with Gasteiger partial charge in [-0.2, -0.15) is 0 Å². The summed E-state index contributed by atoms with van der Waals surface area (Å²) in [5.74, 6) is 0.186. The minimum atomic E-state index is -3.80. The van der Waals surface area contributed by atoms with Crippen LogP contribution < -0.4 is 14.8 Å². The fourth-order valence-electron chi connectivity index (χ4n) is 2.29. The molecule has 2 aromatic carbocycles. The Hall–Kier alpha value is -1.96. The Morgan fingerprint density at radius 1 is 1.04 bits per heavy atom. The second kappa shape index (κ2) is 10.5. The molecule has 0 heterocycles. The number of rotatable bonds is 10. The summed E-state index contributed by atoms with van der Waals surface area (Å²) in [6.45, 7) is 2.59. The third kappa shape index (κ3) is 6.89. The lowest BCUT2D eigenvalue weighted by Crippen LogP contribution is -2.29. The van der Waals surface area contributed by atoms with E-state index in [0.717, 1.165) is 19.3 Å². The number of hydrogen-bond acceptors (Lipinski definition) is 4. The van der Waals surface area contributed by atoms with Gasteiger partial charge in [-0.25, -0.2) is 8.42 Å². The number of unbranched alkanes of at least 4 members (excludes halogenated alkanes) is 2. The second-order valence-corrected chi connectivity index (χ2v) is 8.55. The molecule has 0 aliphatic rings. The van der Waals surface area contributed by atoms with Gasteiger partial charge in [0.1, 0.15) is 5.75 Å². The molecule has 2 aromatic rings. The molecule has 0 spiro atoms. The van der Waals surface area contributed by atoms with Crippen LogP contribution in [0, 0.1) is 0 Å². The molecular formula is C19H22Cl2N2O4S. The van der Waals surface area contributed by atoms with Crippen molar-refractivity contribution in [2.24, 2.45) is 0 Å². The number of amides is 1. The van der Waals surface area contributed by atoms with Gasteiger partial charge in [0.2, 0.25) is 0 Å². The maximum Gasteiger partial charge on any atom is 0.261 e. The Labute approximate surface area is 175 Å². The molecule has 0 fully saturated rings. The molecule has 0 aromatic heterocycles. The zero-order valence-corrected chi connectivity index (χ0v) is 17.7. The average molecular weight is 445 g/mol. The molecule has 28 heavy (non-hydrogen) atoms. The van der Waals surface area contributed by atoms with Gasteiger partial charge in [-0.05, 0) is 48.9 Å². The molecule has 0 aliphatic carbocycles. The van der Waals surface area contributed by atoms with Crippen molar-refractivity contribution in [3.8, 4) is 5.75 Å². The SMILES string of the molecule is CCCCCNC(=O)COc1ccc(S(=O)(=O)Nc2ccc(Cl)c(Cl)c2)cc1. The summed E-state index contributed by atoms with van der Waals surface area (Å²) in [6.07, 6.45) is 3.08. The molecule has 0 bridgehead atoms. The van der Waals surface area contributed by atoms with Crippen LogP contribution in [0.4, 0.5) is 5.69 Å². The van der Waals surface area contributed by atoms with Crippen molar-refractivity contribution in [1.82, 2.24) is 5.32 Å². The lowest BCUT2D eigenvalue weighted by atomic mass is 10.2. The van der Waals surface area contributed by atoms with E-state index in [1.807, 2.05) is 0 Å².